The molecule has 1 amide bonds. The van der Waals surface area contributed by atoms with Gasteiger partial charge in [0.05, 0.1) is 6.61 Å². The lowest BCUT2D eigenvalue weighted by Gasteiger charge is -2.17. The third-order valence-electron chi connectivity index (χ3n) is 5.16. The lowest BCUT2D eigenvalue weighted by atomic mass is 10.1. The Bertz CT molecular complexity index is 667. The number of carboxylic acids is 2. The fraction of sp³-hybridized carbons (Fsp3) is 0.792. The SMILES string of the molecule is CCCCCCCCCCCC(=O)N[C@@H](CCCN=C(N)N)C(=O)OCC.O=C(O)C(O)C(O)C(=O)O. The molecule has 0 spiro atoms. The molecule has 37 heavy (non-hydrogen) atoms. The molecule has 9 N–H and O–H groups in total. The van der Waals surface area contributed by atoms with Crippen molar-refractivity contribution < 1.29 is 44.3 Å². The normalized spacial score (nSPS) is 12.8. The topological polar surface area (TPSA) is 235 Å². The number of rotatable bonds is 20. The number of carboxylic acid groups (broad SMARTS) is 2. The fourth-order valence-electron chi connectivity index (χ4n) is 3.13. The molecule has 0 aliphatic heterocycles. The van der Waals surface area contributed by atoms with Crippen LogP contribution in [0.25, 0.3) is 0 Å². The number of unbranched alkanes of at least 4 members (excludes halogenated alkanes) is 8. The molecule has 0 radical (unpaired) electrons. The molecule has 0 rings (SSSR count). The maximum atomic E-state index is 12.1. The van der Waals surface area contributed by atoms with Crippen molar-refractivity contribution in [2.75, 3.05) is 13.2 Å². The number of guanidine groups is 1. The van der Waals surface area contributed by atoms with Crippen molar-refractivity contribution in [2.45, 2.75) is 109 Å². The first-order valence-corrected chi connectivity index (χ1v) is 12.8. The zero-order valence-corrected chi connectivity index (χ0v) is 22.1. The van der Waals surface area contributed by atoms with Crippen LogP contribution in [0.3, 0.4) is 0 Å². The van der Waals surface area contributed by atoms with Gasteiger partial charge in [-0.3, -0.25) is 9.79 Å². The van der Waals surface area contributed by atoms with Crippen molar-refractivity contribution in [1.29, 1.82) is 0 Å². The molecule has 0 aromatic heterocycles. The van der Waals surface area contributed by atoms with Crippen LogP contribution in [0.15, 0.2) is 4.99 Å². The summed E-state index contributed by atoms with van der Waals surface area (Å²) in [6, 6.07) is -0.634. The van der Waals surface area contributed by atoms with Crippen molar-refractivity contribution in [3.8, 4) is 0 Å². The van der Waals surface area contributed by atoms with Crippen molar-refractivity contribution in [3.63, 3.8) is 0 Å². The first-order chi connectivity index (χ1) is 17.5. The van der Waals surface area contributed by atoms with E-state index in [1.165, 1.54) is 44.9 Å². The summed E-state index contributed by atoms with van der Waals surface area (Å²) in [6.07, 6.45) is 7.80. The van der Waals surface area contributed by atoms with Gasteiger partial charge in [0, 0.05) is 13.0 Å². The van der Waals surface area contributed by atoms with Crippen molar-refractivity contribution in [1.82, 2.24) is 5.32 Å². The number of aliphatic imine (C=N–C) groups is 1. The Hall–Kier alpha value is -2.93. The number of nitrogens with two attached hydrogens (primary N) is 2. The summed E-state index contributed by atoms with van der Waals surface area (Å²) >= 11 is 0. The summed E-state index contributed by atoms with van der Waals surface area (Å²) in [6.45, 7) is 4.68. The van der Waals surface area contributed by atoms with Gasteiger partial charge in [0.1, 0.15) is 6.04 Å². The molecule has 13 nitrogen and oxygen atoms in total. The number of amides is 1. The molecule has 0 aliphatic rings. The number of aliphatic hydroxyl groups excluding tert-OH is 2. The van der Waals surface area contributed by atoms with E-state index in [1.807, 2.05) is 0 Å². The van der Waals surface area contributed by atoms with E-state index in [1.54, 1.807) is 6.92 Å². The molecule has 0 aromatic carbocycles. The van der Waals surface area contributed by atoms with Crippen molar-refractivity contribution >= 4 is 29.8 Å². The van der Waals surface area contributed by atoms with E-state index in [9.17, 15) is 19.2 Å². The van der Waals surface area contributed by atoms with Gasteiger partial charge in [0.15, 0.2) is 18.2 Å². The Morgan fingerprint density at radius 1 is 0.811 bits per heavy atom. The highest BCUT2D eigenvalue weighted by Crippen LogP contribution is 2.11. The highest BCUT2D eigenvalue weighted by atomic mass is 16.5. The number of nitrogens with one attached hydrogen (secondary N) is 1. The highest BCUT2D eigenvalue weighted by Gasteiger charge is 2.29. The van der Waals surface area contributed by atoms with Gasteiger partial charge in [-0.15, -0.1) is 0 Å². The lowest BCUT2D eigenvalue weighted by molar-refractivity contribution is -0.165. The molecule has 13 heteroatoms. The summed E-state index contributed by atoms with van der Waals surface area (Å²) in [5.41, 5.74) is 10.6. The van der Waals surface area contributed by atoms with Crippen LogP contribution in [0, 0.1) is 0 Å². The van der Waals surface area contributed by atoms with Gasteiger partial charge in [-0.2, -0.15) is 0 Å². The van der Waals surface area contributed by atoms with Crippen LogP contribution in [0.2, 0.25) is 0 Å². The first-order valence-electron chi connectivity index (χ1n) is 12.8. The maximum Gasteiger partial charge on any atom is 0.335 e. The van der Waals surface area contributed by atoms with Crippen LogP contribution in [-0.4, -0.2) is 81.6 Å². The number of carbonyl (C=O) groups is 4. The van der Waals surface area contributed by atoms with Gasteiger partial charge < -0.3 is 41.9 Å². The molecular weight excluding hydrogens is 488 g/mol. The summed E-state index contributed by atoms with van der Waals surface area (Å²) in [5, 5.41) is 35.3. The predicted octanol–water partition coefficient (Wildman–Crippen LogP) is 0.886. The highest BCUT2D eigenvalue weighted by molar-refractivity contribution is 5.84. The molecule has 0 aromatic rings. The van der Waals surface area contributed by atoms with Crippen LogP contribution in [0.1, 0.15) is 90.9 Å². The van der Waals surface area contributed by atoms with Crippen molar-refractivity contribution in [3.05, 3.63) is 0 Å². The predicted molar refractivity (Wildman–Crippen MR) is 138 cm³/mol. The quantitative estimate of drug-likeness (QED) is 0.0501. The second-order valence-electron chi connectivity index (χ2n) is 8.47. The average molecular weight is 535 g/mol. The Balaban J connectivity index is 0. The van der Waals surface area contributed by atoms with Crippen LogP contribution in [-0.2, 0) is 23.9 Å². The smallest absolute Gasteiger partial charge is 0.335 e. The Kier molecular flexibility index (Phi) is 23.0. The van der Waals surface area contributed by atoms with E-state index < -0.39 is 36.2 Å². The summed E-state index contributed by atoms with van der Waals surface area (Å²) in [7, 11) is 0. The van der Waals surface area contributed by atoms with E-state index in [0.29, 0.717) is 25.8 Å². The number of nitrogens with zero attached hydrogens (tertiary/aromatic N) is 1. The number of carbonyl (C=O) groups excluding carboxylic acids is 2. The molecule has 0 saturated heterocycles. The minimum Gasteiger partial charge on any atom is -0.479 e. The number of ether oxygens (including phenoxy) is 1. The fourth-order valence-corrected chi connectivity index (χ4v) is 3.13. The van der Waals surface area contributed by atoms with E-state index in [4.69, 9.17) is 36.6 Å². The Labute approximate surface area is 218 Å². The van der Waals surface area contributed by atoms with E-state index in [-0.39, 0.29) is 18.5 Å². The molecule has 216 valence electrons. The number of hydrogen-bond acceptors (Lipinski definition) is 8. The summed E-state index contributed by atoms with van der Waals surface area (Å²) in [5.74, 6) is -4.01. The number of hydrogen-bond donors (Lipinski definition) is 7. The third-order valence-corrected chi connectivity index (χ3v) is 5.16. The molecule has 3 atom stereocenters. The Morgan fingerprint density at radius 2 is 1.30 bits per heavy atom. The maximum absolute atomic E-state index is 12.1. The monoisotopic (exact) mass is 534 g/mol. The molecule has 0 heterocycles. The third kappa shape index (κ3) is 22.0. The average Bonchev–Trinajstić information content (AvgIpc) is 2.84. The van der Waals surface area contributed by atoms with Crippen LogP contribution >= 0.6 is 0 Å². The summed E-state index contributed by atoms with van der Waals surface area (Å²) < 4.78 is 5.04. The molecule has 0 bridgehead atoms. The molecule has 0 fully saturated rings. The van der Waals surface area contributed by atoms with Gasteiger partial charge in [-0.1, -0.05) is 58.3 Å². The standard InChI is InChI=1S/C20H40N4O3.C4H6O6/c1-3-5-6-7-8-9-10-11-12-15-18(25)24-17(19(26)27-4-2)14-13-16-23-20(21)22;5-1(3(7)8)2(6)4(9)10/h17H,3-16H2,1-2H3,(H,24,25)(H4,21,22,23);1-2,5-6H,(H,7,8)(H,9,10)/t17-;/m0./s1. The van der Waals surface area contributed by atoms with Gasteiger partial charge in [-0.25, -0.2) is 14.4 Å². The zero-order chi connectivity index (χ0) is 28.6. The second-order valence-corrected chi connectivity index (χ2v) is 8.47. The molecular formula is C24H46N4O9. The number of aliphatic carboxylic acids is 2. The van der Waals surface area contributed by atoms with E-state index in [0.717, 1.165) is 12.8 Å². The number of esters is 1. The first kappa shape index (κ1) is 36.2. The number of aliphatic hydroxyl groups is 2. The Morgan fingerprint density at radius 3 is 1.73 bits per heavy atom. The van der Waals surface area contributed by atoms with Gasteiger partial charge in [-0.05, 0) is 26.2 Å². The van der Waals surface area contributed by atoms with Crippen LogP contribution < -0.4 is 16.8 Å². The minimum absolute atomic E-state index is 0.0251. The van der Waals surface area contributed by atoms with Crippen LogP contribution in [0.4, 0.5) is 0 Å². The molecule has 0 aliphatic carbocycles. The minimum atomic E-state index is -2.27. The van der Waals surface area contributed by atoms with E-state index in [2.05, 4.69) is 17.2 Å². The summed E-state index contributed by atoms with van der Waals surface area (Å²) in [4.78, 5) is 47.6. The van der Waals surface area contributed by atoms with E-state index >= 15 is 0 Å². The lowest BCUT2D eigenvalue weighted by Crippen LogP contribution is -2.42. The zero-order valence-electron chi connectivity index (χ0n) is 22.1. The molecule has 2 unspecified atom stereocenters. The van der Waals surface area contributed by atoms with Gasteiger partial charge in [0.25, 0.3) is 0 Å². The largest absolute Gasteiger partial charge is 0.479 e. The van der Waals surface area contributed by atoms with Crippen molar-refractivity contribution in [2.24, 2.45) is 16.5 Å². The molecule has 0 saturated carbocycles. The van der Waals surface area contributed by atoms with Crippen LogP contribution in [0.5, 0.6) is 0 Å². The van der Waals surface area contributed by atoms with Gasteiger partial charge in [0.2, 0.25) is 5.91 Å². The van der Waals surface area contributed by atoms with Gasteiger partial charge >= 0.3 is 17.9 Å². The second kappa shape index (κ2) is 23.5.